The van der Waals surface area contributed by atoms with Gasteiger partial charge in [0.1, 0.15) is 5.75 Å². The number of hydrogen-bond acceptors (Lipinski definition) is 3. The maximum absolute atomic E-state index is 12.5. The first-order valence-electron chi connectivity index (χ1n) is 7.18. The summed E-state index contributed by atoms with van der Waals surface area (Å²) in [5.74, 6) is 0.922. The number of carbonyl (C=O) groups excluding carboxylic acids is 1. The van der Waals surface area contributed by atoms with Crippen LogP contribution in [0.15, 0.2) is 30.5 Å². The minimum absolute atomic E-state index is 0.106. The quantitative estimate of drug-likeness (QED) is 0.785. The monoisotopic (exact) mass is 283 g/mol. The van der Waals surface area contributed by atoms with E-state index in [-0.39, 0.29) is 5.78 Å². The zero-order valence-corrected chi connectivity index (χ0v) is 13.1. The van der Waals surface area contributed by atoms with Gasteiger partial charge >= 0.3 is 0 Å². The van der Waals surface area contributed by atoms with Gasteiger partial charge in [0.05, 0.1) is 19.2 Å². The first-order chi connectivity index (χ1) is 10.1. The molecule has 1 heterocycles. The smallest absolute Gasteiger partial charge is 0.169 e. The Morgan fingerprint density at radius 1 is 1.24 bits per heavy atom. The van der Waals surface area contributed by atoms with Crippen molar-refractivity contribution < 1.29 is 9.53 Å². The van der Waals surface area contributed by atoms with Gasteiger partial charge in [-0.1, -0.05) is 31.2 Å². The summed E-state index contributed by atoms with van der Waals surface area (Å²) in [6, 6.07) is 7.77. The molecule has 0 atom stereocenters. The van der Waals surface area contributed by atoms with Gasteiger partial charge in [-0.25, -0.2) is 0 Å². The SMILES string of the molecule is CCc1ccccc1C(=O)Cc1ncc(C)c(OC)c1C. The van der Waals surface area contributed by atoms with Gasteiger partial charge < -0.3 is 4.74 Å². The number of carbonyl (C=O) groups is 1. The summed E-state index contributed by atoms with van der Waals surface area (Å²) < 4.78 is 5.40. The summed E-state index contributed by atoms with van der Waals surface area (Å²) in [7, 11) is 1.65. The molecule has 3 heteroatoms. The van der Waals surface area contributed by atoms with Gasteiger partial charge in [-0.05, 0) is 25.8 Å². The van der Waals surface area contributed by atoms with Gasteiger partial charge in [0, 0.05) is 22.9 Å². The van der Waals surface area contributed by atoms with Crippen molar-refractivity contribution in [2.45, 2.75) is 33.6 Å². The third-order valence-electron chi connectivity index (χ3n) is 3.78. The molecule has 3 nitrogen and oxygen atoms in total. The summed E-state index contributed by atoms with van der Waals surface area (Å²) in [6.45, 7) is 5.97. The fourth-order valence-corrected chi connectivity index (χ4v) is 2.60. The molecular weight excluding hydrogens is 262 g/mol. The van der Waals surface area contributed by atoms with E-state index in [1.165, 1.54) is 0 Å². The Morgan fingerprint density at radius 2 is 1.95 bits per heavy atom. The lowest BCUT2D eigenvalue weighted by molar-refractivity contribution is 0.0991. The number of hydrogen-bond donors (Lipinski definition) is 0. The third kappa shape index (κ3) is 3.13. The van der Waals surface area contributed by atoms with E-state index in [2.05, 4.69) is 11.9 Å². The number of rotatable bonds is 5. The second-order valence-corrected chi connectivity index (χ2v) is 5.16. The highest BCUT2D eigenvalue weighted by Crippen LogP contribution is 2.25. The lowest BCUT2D eigenvalue weighted by Crippen LogP contribution is -2.10. The fourth-order valence-electron chi connectivity index (χ4n) is 2.60. The molecule has 1 aromatic carbocycles. The minimum atomic E-state index is 0.106. The molecule has 0 radical (unpaired) electrons. The van der Waals surface area contributed by atoms with Crippen LogP contribution in [0.25, 0.3) is 0 Å². The van der Waals surface area contributed by atoms with E-state index in [0.717, 1.165) is 40.1 Å². The second kappa shape index (κ2) is 6.53. The molecule has 2 rings (SSSR count). The van der Waals surface area contributed by atoms with Crippen LogP contribution in [0.5, 0.6) is 5.75 Å². The van der Waals surface area contributed by atoms with Crippen molar-refractivity contribution in [1.82, 2.24) is 4.98 Å². The Hall–Kier alpha value is -2.16. The zero-order valence-electron chi connectivity index (χ0n) is 13.1. The highest BCUT2D eigenvalue weighted by atomic mass is 16.5. The lowest BCUT2D eigenvalue weighted by Gasteiger charge is -2.12. The maximum atomic E-state index is 12.5. The normalized spacial score (nSPS) is 10.5. The molecule has 0 unspecified atom stereocenters. The van der Waals surface area contributed by atoms with Crippen molar-refractivity contribution in [3.8, 4) is 5.75 Å². The van der Waals surface area contributed by atoms with Gasteiger partial charge in [-0.2, -0.15) is 0 Å². The predicted molar refractivity (Wildman–Crippen MR) is 84.1 cm³/mol. The van der Waals surface area contributed by atoms with Crippen molar-refractivity contribution in [1.29, 1.82) is 0 Å². The number of pyridine rings is 1. The number of ether oxygens (including phenoxy) is 1. The van der Waals surface area contributed by atoms with E-state index in [4.69, 9.17) is 4.74 Å². The molecule has 0 N–H and O–H groups in total. The average Bonchev–Trinajstić information content (AvgIpc) is 2.50. The van der Waals surface area contributed by atoms with Gasteiger partial charge in [-0.15, -0.1) is 0 Å². The fraction of sp³-hybridized carbons (Fsp3) is 0.333. The summed E-state index contributed by atoms with van der Waals surface area (Å²) in [6.07, 6.45) is 2.92. The molecule has 2 aromatic rings. The van der Waals surface area contributed by atoms with E-state index in [1.807, 2.05) is 38.1 Å². The Labute approximate surface area is 126 Å². The van der Waals surface area contributed by atoms with Crippen molar-refractivity contribution in [2.24, 2.45) is 0 Å². The average molecular weight is 283 g/mol. The zero-order chi connectivity index (χ0) is 15.4. The van der Waals surface area contributed by atoms with E-state index in [9.17, 15) is 4.79 Å². The van der Waals surface area contributed by atoms with Crippen molar-refractivity contribution >= 4 is 5.78 Å². The molecule has 0 saturated heterocycles. The van der Waals surface area contributed by atoms with Crippen LogP contribution in [0.4, 0.5) is 0 Å². The molecule has 0 spiro atoms. The van der Waals surface area contributed by atoms with Crippen LogP contribution in [-0.4, -0.2) is 17.9 Å². The Bertz CT molecular complexity index is 662. The van der Waals surface area contributed by atoms with Gasteiger partial charge in [0.25, 0.3) is 0 Å². The number of nitrogens with zero attached hydrogens (tertiary/aromatic N) is 1. The van der Waals surface area contributed by atoms with Gasteiger partial charge in [0.2, 0.25) is 0 Å². The summed E-state index contributed by atoms with van der Waals surface area (Å²) >= 11 is 0. The third-order valence-corrected chi connectivity index (χ3v) is 3.78. The Morgan fingerprint density at radius 3 is 2.62 bits per heavy atom. The van der Waals surface area contributed by atoms with Crippen LogP contribution in [0, 0.1) is 13.8 Å². The molecule has 110 valence electrons. The first-order valence-corrected chi connectivity index (χ1v) is 7.18. The Balaban J connectivity index is 2.32. The molecule has 0 saturated carbocycles. The molecular formula is C18H21NO2. The number of benzene rings is 1. The molecule has 0 amide bonds. The molecule has 0 fully saturated rings. The maximum Gasteiger partial charge on any atom is 0.169 e. The van der Waals surface area contributed by atoms with Crippen LogP contribution >= 0.6 is 0 Å². The largest absolute Gasteiger partial charge is 0.496 e. The second-order valence-electron chi connectivity index (χ2n) is 5.16. The van der Waals surface area contributed by atoms with Gasteiger partial charge in [-0.3, -0.25) is 9.78 Å². The predicted octanol–water partition coefficient (Wildman–Crippen LogP) is 3.69. The molecule has 0 aliphatic rings. The van der Waals surface area contributed by atoms with Crippen LogP contribution in [0.2, 0.25) is 0 Å². The topological polar surface area (TPSA) is 39.2 Å². The number of aromatic nitrogens is 1. The van der Waals surface area contributed by atoms with Crippen LogP contribution < -0.4 is 4.74 Å². The van der Waals surface area contributed by atoms with E-state index >= 15 is 0 Å². The van der Waals surface area contributed by atoms with E-state index in [0.29, 0.717) is 6.42 Å². The number of aryl methyl sites for hydroxylation is 2. The number of Topliss-reactive ketones (excluding diaryl/α,β-unsaturated/α-hetero) is 1. The van der Waals surface area contributed by atoms with Crippen molar-refractivity contribution in [3.05, 3.63) is 58.4 Å². The first kappa shape index (κ1) is 15.2. The molecule has 0 aliphatic heterocycles. The van der Waals surface area contributed by atoms with Crippen LogP contribution in [0.1, 0.15) is 39.7 Å². The molecule has 0 bridgehead atoms. The number of ketones is 1. The Kier molecular flexibility index (Phi) is 4.73. The summed E-state index contributed by atoms with van der Waals surface area (Å²) in [5, 5.41) is 0. The van der Waals surface area contributed by atoms with Crippen LogP contribution in [-0.2, 0) is 12.8 Å². The molecule has 0 aliphatic carbocycles. The summed E-state index contributed by atoms with van der Waals surface area (Å²) in [4.78, 5) is 17.0. The molecule has 1 aromatic heterocycles. The standard InChI is InChI=1S/C18H21NO2/c1-5-14-8-6-7-9-15(14)17(20)10-16-13(3)18(21-4)12(2)11-19-16/h6-9,11H,5,10H2,1-4H3. The highest BCUT2D eigenvalue weighted by Gasteiger charge is 2.15. The summed E-state index contributed by atoms with van der Waals surface area (Å²) in [5.41, 5.74) is 4.59. The van der Waals surface area contributed by atoms with E-state index in [1.54, 1.807) is 13.3 Å². The molecule has 21 heavy (non-hydrogen) atoms. The van der Waals surface area contributed by atoms with Gasteiger partial charge in [0.15, 0.2) is 5.78 Å². The van der Waals surface area contributed by atoms with E-state index < -0.39 is 0 Å². The van der Waals surface area contributed by atoms with Crippen molar-refractivity contribution in [3.63, 3.8) is 0 Å². The number of methoxy groups -OCH3 is 1. The lowest BCUT2D eigenvalue weighted by atomic mass is 9.97. The highest BCUT2D eigenvalue weighted by molar-refractivity contribution is 5.98. The minimum Gasteiger partial charge on any atom is -0.496 e. The van der Waals surface area contributed by atoms with Crippen molar-refractivity contribution in [2.75, 3.05) is 7.11 Å². The van der Waals surface area contributed by atoms with Crippen LogP contribution in [0.3, 0.4) is 0 Å².